The average molecular weight is 585 g/mol. The molecule has 4 N–H and O–H groups in total. The Labute approximate surface area is 235 Å². The van der Waals surface area contributed by atoms with Gasteiger partial charge in [0.25, 0.3) is 0 Å². The third-order valence-corrected chi connectivity index (χ3v) is 9.94. The fraction of sp³-hybridized carbons (Fsp3) is 0.393. The van der Waals surface area contributed by atoms with Gasteiger partial charge in [-0.2, -0.15) is 9.61 Å². The van der Waals surface area contributed by atoms with Crippen LogP contribution in [0.2, 0.25) is 0 Å². The number of aliphatic hydroxyl groups is 1. The van der Waals surface area contributed by atoms with Crippen LogP contribution in [0.3, 0.4) is 0 Å². The van der Waals surface area contributed by atoms with Crippen LogP contribution < -0.4 is 11.1 Å². The van der Waals surface area contributed by atoms with Crippen LogP contribution in [-0.2, 0) is 20.2 Å². The Morgan fingerprint density at radius 1 is 1.15 bits per heavy atom. The highest BCUT2D eigenvalue weighted by atomic mass is 32.2. The van der Waals surface area contributed by atoms with Crippen molar-refractivity contribution in [3.8, 4) is 11.3 Å². The normalized spacial score (nSPS) is 24.2. The minimum atomic E-state index is -3.29. The molecule has 216 valence electrons. The molecular formula is C28H30F2N6O4S. The smallest absolute Gasteiger partial charge is 0.229 e. The highest BCUT2D eigenvalue weighted by molar-refractivity contribution is 7.91. The Morgan fingerprint density at radius 2 is 1.88 bits per heavy atom. The van der Waals surface area contributed by atoms with E-state index in [2.05, 4.69) is 20.4 Å². The molecule has 4 aromatic rings. The Balaban J connectivity index is 1.32. The number of nitrogens with zero attached hydrogens (tertiary/aromatic N) is 4. The lowest BCUT2D eigenvalue weighted by Gasteiger charge is -2.38. The maximum Gasteiger partial charge on any atom is 0.229 e. The van der Waals surface area contributed by atoms with E-state index in [9.17, 15) is 13.5 Å². The minimum Gasteiger partial charge on any atom is -0.380 e. The number of halogens is 2. The number of hydrogen-bond acceptors (Lipinski definition) is 9. The number of benzene rings is 1. The molecule has 1 aliphatic carbocycles. The molecule has 2 aliphatic rings. The van der Waals surface area contributed by atoms with Crippen molar-refractivity contribution < 1.29 is 27.0 Å². The summed E-state index contributed by atoms with van der Waals surface area (Å²) in [6.07, 6.45) is 7.24. The van der Waals surface area contributed by atoms with E-state index in [1.165, 1.54) is 16.8 Å². The van der Waals surface area contributed by atoms with Crippen molar-refractivity contribution in [2.75, 3.05) is 24.8 Å². The van der Waals surface area contributed by atoms with Crippen molar-refractivity contribution in [1.82, 2.24) is 19.6 Å². The topological polar surface area (TPSA) is 145 Å². The Morgan fingerprint density at radius 3 is 2.51 bits per heavy atom. The van der Waals surface area contributed by atoms with Crippen LogP contribution in [0, 0.1) is 17.6 Å². The molecule has 3 aromatic heterocycles. The van der Waals surface area contributed by atoms with Crippen LogP contribution in [0.15, 0.2) is 48.9 Å². The van der Waals surface area contributed by atoms with Crippen LogP contribution in [0.25, 0.3) is 16.8 Å². The summed E-state index contributed by atoms with van der Waals surface area (Å²) >= 11 is 0. The van der Waals surface area contributed by atoms with E-state index in [-0.39, 0.29) is 41.9 Å². The van der Waals surface area contributed by atoms with Gasteiger partial charge in [-0.25, -0.2) is 22.2 Å². The van der Waals surface area contributed by atoms with E-state index in [1.54, 1.807) is 24.7 Å². The molecule has 4 atom stereocenters. The number of rotatable bonds is 6. The number of anilines is 2. The molecule has 13 heteroatoms. The van der Waals surface area contributed by atoms with Gasteiger partial charge in [-0.05, 0) is 66.1 Å². The Bertz CT molecular complexity index is 1710. The SMILES string of the molecule is C[C@H]1C[C@@H](c2ccncc2Nc2ncc3ccc(-c4c(F)cc(C5(O)COC5)cc4F)nn23)C[C@@H](N)[C@@H]1S(C)(=O)=O. The second kappa shape index (κ2) is 10.1. The molecule has 41 heavy (non-hydrogen) atoms. The van der Waals surface area contributed by atoms with Crippen LogP contribution in [0.5, 0.6) is 0 Å². The summed E-state index contributed by atoms with van der Waals surface area (Å²) < 4.78 is 61.4. The minimum absolute atomic E-state index is 0.0177. The lowest BCUT2D eigenvalue weighted by molar-refractivity contribution is -0.184. The predicted molar refractivity (Wildman–Crippen MR) is 148 cm³/mol. The summed E-state index contributed by atoms with van der Waals surface area (Å²) in [6, 6.07) is 6.72. The van der Waals surface area contributed by atoms with E-state index in [4.69, 9.17) is 10.5 Å². The van der Waals surface area contributed by atoms with E-state index in [0.717, 1.165) is 17.7 Å². The number of pyridine rings is 1. The van der Waals surface area contributed by atoms with Crippen molar-refractivity contribution in [1.29, 1.82) is 0 Å². The van der Waals surface area contributed by atoms with Gasteiger partial charge in [-0.15, -0.1) is 0 Å². The fourth-order valence-electron chi connectivity index (χ4n) is 6.19. The quantitative estimate of drug-likeness (QED) is 0.311. The standard InChI is InChI=1S/C28H30F2N6O4S/c1-15-7-16(8-22(31)26(15)41(2,38)39)19-5-6-32-12-24(19)34-27-33-11-18-3-4-23(35-36(18)27)25-20(29)9-17(10-21(25)30)28(37)13-40-14-28/h3-6,9-12,15-16,22,26,37H,7-8,13-14,31H2,1-2H3,(H,33,34)/t15-,16+,22+,26+/m0/s1. The zero-order chi connectivity index (χ0) is 29.1. The molecule has 0 unspecified atom stereocenters. The van der Waals surface area contributed by atoms with Gasteiger partial charge >= 0.3 is 0 Å². The number of nitrogens with two attached hydrogens (primary N) is 1. The fourth-order valence-corrected chi connectivity index (χ4v) is 7.89. The predicted octanol–water partition coefficient (Wildman–Crippen LogP) is 3.28. The first-order chi connectivity index (χ1) is 19.4. The maximum absolute atomic E-state index is 15.2. The van der Waals surface area contributed by atoms with Crippen LogP contribution >= 0.6 is 0 Å². The van der Waals surface area contributed by atoms with Crippen molar-refractivity contribution in [2.24, 2.45) is 11.7 Å². The van der Waals surface area contributed by atoms with Crippen LogP contribution in [-0.4, -0.2) is 63.9 Å². The molecule has 0 spiro atoms. The first-order valence-corrected chi connectivity index (χ1v) is 15.2. The molecule has 10 nitrogen and oxygen atoms in total. The largest absolute Gasteiger partial charge is 0.380 e. The number of nitrogens with one attached hydrogen (secondary N) is 1. The highest BCUT2D eigenvalue weighted by Crippen LogP contribution is 2.41. The summed E-state index contributed by atoms with van der Waals surface area (Å²) in [4.78, 5) is 8.66. The molecular weight excluding hydrogens is 554 g/mol. The summed E-state index contributed by atoms with van der Waals surface area (Å²) in [5, 5.41) is 17.6. The second-order valence-corrected chi connectivity index (χ2v) is 13.4. The van der Waals surface area contributed by atoms with Crippen molar-refractivity contribution in [2.45, 2.75) is 42.6 Å². The Hall–Kier alpha value is -3.52. The second-order valence-electron chi connectivity index (χ2n) is 11.2. The van der Waals surface area contributed by atoms with Gasteiger partial charge in [0.15, 0.2) is 9.84 Å². The molecule has 1 saturated carbocycles. The van der Waals surface area contributed by atoms with Crippen LogP contribution in [0.4, 0.5) is 20.4 Å². The zero-order valence-electron chi connectivity index (χ0n) is 22.5. The number of imidazole rings is 1. The lowest BCUT2D eigenvalue weighted by Crippen LogP contribution is -2.48. The summed E-state index contributed by atoms with van der Waals surface area (Å²) in [6.45, 7) is 1.85. The maximum atomic E-state index is 15.2. The highest BCUT2D eigenvalue weighted by Gasteiger charge is 2.41. The third kappa shape index (κ3) is 4.96. The van der Waals surface area contributed by atoms with Gasteiger partial charge in [0.05, 0.1) is 53.3 Å². The monoisotopic (exact) mass is 584 g/mol. The molecule has 0 amide bonds. The van der Waals surface area contributed by atoms with Gasteiger partial charge in [-0.3, -0.25) is 4.98 Å². The molecule has 4 heterocycles. The molecule has 1 saturated heterocycles. The van der Waals surface area contributed by atoms with Crippen molar-refractivity contribution in [3.05, 3.63) is 71.7 Å². The molecule has 0 bridgehead atoms. The zero-order valence-corrected chi connectivity index (χ0v) is 23.3. The van der Waals surface area contributed by atoms with E-state index < -0.39 is 38.4 Å². The van der Waals surface area contributed by atoms with E-state index in [0.29, 0.717) is 30.0 Å². The summed E-state index contributed by atoms with van der Waals surface area (Å²) in [7, 11) is -3.29. The molecule has 1 aliphatic heterocycles. The molecule has 0 radical (unpaired) electrons. The van der Waals surface area contributed by atoms with Gasteiger partial charge in [0.1, 0.15) is 17.2 Å². The third-order valence-electron chi connectivity index (χ3n) is 8.13. The van der Waals surface area contributed by atoms with Gasteiger partial charge in [0, 0.05) is 18.5 Å². The van der Waals surface area contributed by atoms with Crippen molar-refractivity contribution >= 4 is 27.0 Å². The average Bonchev–Trinajstić information content (AvgIpc) is 3.28. The van der Waals surface area contributed by atoms with E-state index >= 15 is 8.78 Å². The van der Waals surface area contributed by atoms with E-state index in [1.807, 2.05) is 13.0 Å². The number of ether oxygens (including phenoxy) is 1. The molecule has 1 aromatic carbocycles. The number of fused-ring (bicyclic) bond motifs is 1. The Kier molecular flexibility index (Phi) is 6.80. The van der Waals surface area contributed by atoms with Crippen LogP contribution in [0.1, 0.15) is 36.8 Å². The summed E-state index contributed by atoms with van der Waals surface area (Å²) in [5.74, 6) is -1.56. The van der Waals surface area contributed by atoms with Gasteiger partial charge in [0.2, 0.25) is 5.95 Å². The van der Waals surface area contributed by atoms with Crippen molar-refractivity contribution in [3.63, 3.8) is 0 Å². The lowest BCUT2D eigenvalue weighted by atomic mass is 9.76. The molecule has 6 rings (SSSR count). The number of aromatic nitrogens is 4. The number of hydrogen-bond donors (Lipinski definition) is 3. The number of sulfone groups is 1. The van der Waals surface area contributed by atoms with Gasteiger partial charge in [-0.1, -0.05) is 6.92 Å². The van der Waals surface area contributed by atoms with Gasteiger partial charge < -0.3 is 20.9 Å². The first-order valence-electron chi connectivity index (χ1n) is 13.2. The molecule has 2 fully saturated rings. The summed E-state index contributed by atoms with van der Waals surface area (Å²) in [5.41, 5.74) is 6.92. The first kappa shape index (κ1) is 27.6.